The zero-order valence-electron chi connectivity index (χ0n) is 11.1. The number of rotatable bonds is 9. The van der Waals surface area contributed by atoms with E-state index in [2.05, 4.69) is 27.7 Å². The molecular weight excluding hydrogens is 220 g/mol. The maximum Gasteiger partial charge on any atom is 0.315 e. The molecule has 0 aromatic rings. The molecule has 0 aliphatic carbocycles. The van der Waals surface area contributed by atoms with E-state index in [0.29, 0.717) is 23.5 Å². The van der Waals surface area contributed by atoms with E-state index in [1.807, 2.05) is 0 Å². The summed E-state index contributed by atoms with van der Waals surface area (Å²) in [6.45, 7) is 9.14. The van der Waals surface area contributed by atoms with Crippen molar-refractivity contribution in [1.82, 2.24) is 0 Å². The second-order valence-corrected chi connectivity index (χ2v) is 6.02. The third-order valence-corrected chi connectivity index (χ3v) is 3.63. The summed E-state index contributed by atoms with van der Waals surface area (Å²) in [4.78, 5) is 11.4. The standard InChI is InChI=1S/C13H26O2S/c1-5-7-8-12(6-2)9-15-13(14)10-16-11(3)4/h11-12H,5-10H2,1-4H3. The highest BCUT2D eigenvalue weighted by molar-refractivity contribution is 8.00. The lowest BCUT2D eigenvalue weighted by Gasteiger charge is -2.14. The van der Waals surface area contributed by atoms with Crippen molar-refractivity contribution < 1.29 is 9.53 Å². The summed E-state index contributed by atoms with van der Waals surface area (Å²) < 4.78 is 5.28. The predicted molar refractivity (Wildman–Crippen MR) is 71.9 cm³/mol. The molecule has 1 unspecified atom stereocenters. The molecule has 0 N–H and O–H groups in total. The number of unbranched alkanes of at least 4 members (excludes halogenated alkanes) is 1. The van der Waals surface area contributed by atoms with E-state index in [9.17, 15) is 4.79 Å². The second kappa shape index (κ2) is 10.0. The largest absolute Gasteiger partial charge is 0.465 e. The van der Waals surface area contributed by atoms with E-state index in [-0.39, 0.29) is 5.97 Å². The first-order valence-corrected chi connectivity index (χ1v) is 7.42. The van der Waals surface area contributed by atoms with Crippen molar-refractivity contribution >= 4 is 17.7 Å². The molecule has 0 amide bonds. The fraction of sp³-hybridized carbons (Fsp3) is 0.923. The first kappa shape index (κ1) is 15.8. The molecular formula is C13H26O2S. The van der Waals surface area contributed by atoms with E-state index < -0.39 is 0 Å². The Labute approximate surface area is 105 Å². The minimum atomic E-state index is -0.0614. The highest BCUT2D eigenvalue weighted by Crippen LogP contribution is 2.14. The summed E-state index contributed by atoms with van der Waals surface area (Å²) in [5.41, 5.74) is 0. The van der Waals surface area contributed by atoms with Gasteiger partial charge in [0.2, 0.25) is 0 Å². The molecule has 0 saturated carbocycles. The van der Waals surface area contributed by atoms with Crippen LogP contribution in [0, 0.1) is 5.92 Å². The summed E-state index contributed by atoms with van der Waals surface area (Å²) in [5, 5.41) is 0.495. The van der Waals surface area contributed by atoms with Crippen LogP contribution in [0.2, 0.25) is 0 Å². The molecule has 3 heteroatoms. The Hall–Kier alpha value is -0.180. The lowest BCUT2D eigenvalue weighted by molar-refractivity contribution is -0.141. The SMILES string of the molecule is CCCCC(CC)COC(=O)CSC(C)C. The second-order valence-electron chi connectivity index (χ2n) is 4.46. The maximum absolute atomic E-state index is 11.4. The average molecular weight is 246 g/mol. The summed E-state index contributed by atoms with van der Waals surface area (Å²) in [5.74, 6) is 0.976. The highest BCUT2D eigenvalue weighted by atomic mass is 32.2. The number of esters is 1. The van der Waals surface area contributed by atoms with E-state index in [1.165, 1.54) is 19.3 Å². The first-order chi connectivity index (χ1) is 7.60. The molecule has 0 spiro atoms. The van der Waals surface area contributed by atoms with Gasteiger partial charge in [0.15, 0.2) is 0 Å². The Morgan fingerprint density at radius 1 is 1.31 bits per heavy atom. The van der Waals surface area contributed by atoms with Crippen LogP contribution in [0.1, 0.15) is 53.4 Å². The van der Waals surface area contributed by atoms with Crippen LogP contribution < -0.4 is 0 Å². The highest BCUT2D eigenvalue weighted by Gasteiger charge is 2.10. The normalized spacial score (nSPS) is 12.8. The molecule has 1 atom stereocenters. The molecule has 0 aromatic heterocycles. The topological polar surface area (TPSA) is 26.3 Å². The van der Waals surface area contributed by atoms with Gasteiger partial charge in [-0.1, -0.05) is 47.0 Å². The van der Waals surface area contributed by atoms with Crippen LogP contribution in [0.4, 0.5) is 0 Å². The molecule has 0 aliphatic heterocycles. The van der Waals surface area contributed by atoms with Crippen LogP contribution in [0.25, 0.3) is 0 Å². The molecule has 0 heterocycles. The summed E-state index contributed by atoms with van der Waals surface area (Å²) in [7, 11) is 0. The Morgan fingerprint density at radius 3 is 2.50 bits per heavy atom. The number of thioether (sulfide) groups is 1. The fourth-order valence-corrected chi connectivity index (χ4v) is 1.94. The van der Waals surface area contributed by atoms with Gasteiger partial charge in [0.1, 0.15) is 0 Å². The quantitative estimate of drug-likeness (QED) is 0.577. The maximum atomic E-state index is 11.4. The van der Waals surface area contributed by atoms with Crippen molar-refractivity contribution in [3.05, 3.63) is 0 Å². The third kappa shape index (κ3) is 9.08. The number of carbonyl (C=O) groups is 1. The zero-order chi connectivity index (χ0) is 12.4. The first-order valence-electron chi connectivity index (χ1n) is 6.37. The van der Waals surface area contributed by atoms with Crippen molar-refractivity contribution in [2.24, 2.45) is 5.92 Å². The molecule has 16 heavy (non-hydrogen) atoms. The Bertz CT molecular complexity index is 181. The van der Waals surface area contributed by atoms with Crippen molar-refractivity contribution in [1.29, 1.82) is 0 Å². The van der Waals surface area contributed by atoms with Crippen molar-refractivity contribution in [3.8, 4) is 0 Å². The molecule has 0 fully saturated rings. The van der Waals surface area contributed by atoms with Crippen LogP contribution >= 0.6 is 11.8 Å². The summed E-state index contributed by atoms with van der Waals surface area (Å²) >= 11 is 1.64. The minimum Gasteiger partial charge on any atom is -0.465 e. The minimum absolute atomic E-state index is 0.0614. The number of carbonyl (C=O) groups excluding carboxylic acids is 1. The van der Waals surface area contributed by atoms with Crippen LogP contribution in [0.15, 0.2) is 0 Å². The Balaban J connectivity index is 3.62. The van der Waals surface area contributed by atoms with Gasteiger partial charge < -0.3 is 4.74 Å². The molecule has 0 radical (unpaired) electrons. The molecule has 0 saturated heterocycles. The van der Waals surface area contributed by atoms with Crippen LogP contribution in [-0.2, 0) is 9.53 Å². The van der Waals surface area contributed by atoms with Gasteiger partial charge in [0.05, 0.1) is 12.4 Å². The van der Waals surface area contributed by atoms with E-state index in [1.54, 1.807) is 11.8 Å². The zero-order valence-corrected chi connectivity index (χ0v) is 11.9. The lowest BCUT2D eigenvalue weighted by atomic mass is 10.0. The van der Waals surface area contributed by atoms with Gasteiger partial charge in [-0.3, -0.25) is 4.79 Å². The number of hydrogen-bond donors (Lipinski definition) is 0. The van der Waals surface area contributed by atoms with E-state index in [4.69, 9.17) is 4.74 Å². The monoisotopic (exact) mass is 246 g/mol. The number of ether oxygens (including phenoxy) is 1. The van der Waals surface area contributed by atoms with Crippen molar-refractivity contribution in [3.63, 3.8) is 0 Å². The third-order valence-electron chi connectivity index (χ3n) is 2.56. The van der Waals surface area contributed by atoms with Gasteiger partial charge >= 0.3 is 5.97 Å². The molecule has 0 aliphatic rings. The number of hydrogen-bond acceptors (Lipinski definition) is 3. The van der Waals surface area contributed by atoms with Crippen LogP contribution in [0.5, 0.6) is 0 Å². The molecule has 96 valence electrons. The van der Waals surface area contributed by atoms with Crippen LogP contribution in [-0.4, -0.2) is 23.6 Å². The molecule has 2 nitrogen and oxygen atoms in total. The predicted octanol–water partition coefficient (Wildman–Crippen LogP) is 3.89. The van der Waals surface area contributed by atoms with E-state index >= 15 is 0 Å². The van der Waals surface area contributed by atoms with Gasteiger partial charge in [-0.15, -0.1) is 11.8 Å². The smallest absolute Gasteiger partial charge is 0.315 e. The van der Waals surface area contributed by atoms with Gasteiger partial charge in [0, 0.05) is 0 Å². The summed E-state index contributed by atoms with van der Waals surface area (Å²) in [6, 6.07) is 0. The fourth-order valence-electron chi connectivity index (χ4n) is 1.39. The summed E-state index contributed by atoms with van der Waals surface area (Å²) in [6.07, 6.45) is 4.73. The molecule has 0 aromatic carbocycles. The molecule has 0 rings (SSSR count). The van der Waals surface area contributed by atoms with Gasteiger partial charge in [-0.05, 0) is 17.6 Å². The van der Waals surface area contributed by atoms with Crippen molar-refractivity contribution in [2.45, 2.75) is 58.6 Å². The van der Waals surface area contributed by atoms with Gasteiger partial charge in [0.25, 0.3) is 0 Å². The van der Waals surface area contributed by atoms with Gasteiger partial charge in [-0.25, -0.2) is 0 Å². The van der Waals surface area contributed by atoms with E-state index in [0.717, 1.165) is 6.42 Å². The Kier molecular flexibility index (Phi) is 9.89. The average Bonchev–Trinajstić information content (AvgIpc) is 2.26. The van der Waals surface area contributed by atoms with Crippen LogP contribution in [0.3, 0.4) is 0 Å². The van der Waals surface area contributed by atoms with Gasteiger partial charge in [-0.2, -0.15) is 0 Å². The lowest BCUT2D eigenvalue weighted by Crippen LogP contribution is -2.16. The molecule has 0 bridgehead atoms. The van der Waals surface area contributed by atoms with Crippen molar-refractivity contribution in [2.75, 3.05) is 12.4 Å². The Morgan fingerprint density at radius 2 is 2.00 bits per heavy atom.